The van der Waals surface area contributed by atoms with E-state index in [9.17, 15) is 19.8 Å². The Bertz CT molecular complexity index is 878. The molecule has 2 saturated heterocycles. The van der Waals surface area contributed by atoms with Crippen LogP contribution in [0.2, 0.25) is 0 Å². The number of carbonyl (C=O) groups excluding carboxylic acids is 2. The van der Waals surface area contributed by atoms with Gasteiger partial charge in [0.1, 0.15) is 11.9 Å². The van der Waals surface area contributed by atoms with Crippen LogP contribution in [0.4, 0.5) is 0 Å². The minimum atomic E-state index is -1.21. The zero-order chi connectivity index (χ0) is 24.3. The second-order valence-corrected chi connectivity index (χ2v) is 11.1. The molecule has 0 aromatic carbocycles. The van der Waals surface area contributed by atoms with Gasteiger partial charge < -0.3 is 19.7 Å². The number of cyclic esters (lactones) is 1. The molecule has 0 spiro atoms. The second kappa shape index (κ2) is 10.8. The van der Waals surface area contributed by atoms with E-state index in [1.165, 1.54) is 0 Å². The number of epoxide rings is 1. The lowest BCUT2D eigenvalue weighted by atomic mass is 9.74. The molecule has 0 bridgehead atoms. The van der Waals surface area contributed by atoms with Crippen LogP contribution < -0.4 is 0 Å². The Hall–Kier alpha value is -1.61. The Labute approximate surface area is 200 Å². The molecule has 0 radical (unpaired) electrons. The minimum Gasteiger partial charge on any atom is -0.458 e. The largest absolute Gasteiger partial charge is 0.458 e. The molecule has 8 heteroatoms. The quantitative estimate of drug-likeness (QED) is 0.490. The number of aromatic nitrogens is 1. The molecular weight excluding hydrogens is 442 g/mol. The summed E-state index contributed by atoms with van der Waals surface area (Å²) in [7, 11) is 0. The van der Waals surface area contributed by atoms with Crippen molar-refractivity contribution in [1.82, 2.24) is 4.98 Å². The normalized spacial score (nSPS) is 34.5. The van der Waals surface area contributed by atoms with Gasteiger partial charge in [-0.25, -0.2) is 4.98 Å². The summed E-state index contributed by atoms with van der Waals surface area (Å²) in [6.45, 7) is 8.78. The second-order valence-electron chi connectivity index (χ2n) is 10.1. The molecule has 2 N–H and O–H groups in total. The van der Waals surface area contributed by atoms with Crippen molar-refractivity contribution in [2.45, 2.75) is 104 Å². The number of aryl methyl sites for hydroxylation is 1. The third-order valence-electron chi connectivity index (χ3n) is 6.99. The molecule has 0 aliphatic carbocycles. The van der Waals surface area contributed by atoms with E-state index in [1.807, 2.05) is 25.3 Å². The fraction of sp³-hybridized carbons (Fsp3) is 0.720. The molecule has 7 nitrogen and oxygen atoms in total. The summed E-state index contributed by atoms with van der Waals surface area (Å²) in [6.07, 6.45) is 2.92. The summed E-state index contributed by atoms with van der Waals surface area (Å²) < 4.78 is 11.6. The highest BCUT2D eigenvalue weighted by molar-refractivity contribution is 7.09. The van der Waals surface area contributed by atoms with E-state index >= 15 is 0 Å². The van der Waals surface area contributed by atoms with Crippen LogP contribution in [-0.4, -0.2) is 57.5 Å². The van der Waals surface area contributed by atoms with Crippen LogP contribution in [0.1, 0.15) is 76.9 Å². The summed E-state index contributed by atoms with van der Waals surface area (Å²) in [5.74, 6) is -1.43. The number of hydrogen-bond donors (Lipinski definition) is 2. The van der Waals surface area contributed by atoms with Crippen LogP contribution in [0.3, 0.4) is 0 Å². The van der Waals surface area contributed by atoms with E-state index in [4.69, 9.17) is 9.47 Å². The molecule has 1 aromatic rings. The third-order valence-corrected chi connectivity index (χ3v) is 7.78. The predicted octanol–water partition coefficient (Wildman–Crippen LogP) is 3.84. The number of hydrogen-bond acceptors (Lipinski definition) is 8. The highest BCUT2D eigenvalue weighted by Crippen LogP contribution is 2.35. The number of rotatable bonds is 2. The Morgan fingerprint density at radius 2 is 1.91 bits per heavy atom. The lowest BCUT2D eigenvalue weighted by Crippen LogP contribution is -2.44. The lowest BCUT2D eigenvalue weighted by Gasteiger charge is -2.33. The molecule has 2 fully saturated rings. The summed E-state index contributed by atoms with van der Waals surface area (Å²) >= 11 is 1.56. The van der Waals surface area contributed by atoms with Crippen molar-refractivity contribution in [1.29, 1.82) is 0 Å². The first kappa shape index (κ1) is 26.0. The molecule has 3 heterocycles. The zero-order valence-electron chi connectivity index (χ0n) is 20.2. The Morgan fingerprint density at radius 1 is 1.21 bits per heavy atom. The van der Waals surface area contributed by atoms with Crippen LogP contribution in [0, 0.1) is 18.3 Å². The third kappa shape index (κ3) is 6.72. The van der Waals surface area contributed by atoms with Crippen molar-refractivity contribution in [2.75, 3.05) is 0 Å². The number of thiazole rings is 1. The van der Waals surface area contributed by atoms with Crippen molar-refractivity contribution < 1.29 is 29.3 Å². The summed E-state index contributed by atoms with van der Waals surface area (Å²) in [5.41, 5.74) is 0.510. The van der Waals surface area contributed by atoms with Crippen LogP contribution in [0.15, 0.2) is 11.0 Å². The maximum atomic E-state index is 13.0. The topological polar surface area (TPSA) is 109 Å². The smallest absolute Gasteiger partial charge is 0.309 e. The van der Waals surface area contributed by atoms with Gasteiger partial charge in [0.05, 0.1) is 47.0 Å². The van der Waals surface area contributed by atoms with Crippen LogP contribution in [-0.2, 0) is 19.1 Å². The molecule has 0 saturated carbocycles. The Balaban J connectivity index is 1.79. The van der Waals surface area contributed by atoms with E-state index in [2.05, 4.69) is 4.98 Å². The molecule has 33 heavy (non-hydrogen) atoms. The van der Waals surface area contributed by atoms with Crippen molar-refractivity contribution in [3.8, 4) is 0 Å². The standard InChI is InChI=1S/C25H37NO6S/c1-14(10-17-13-33-16(3)26-17)20-11-21-19(31-21)9-7-6-8-18(27)15(2)24(30)25(4,5)22(28)12-23(29)32-20/h10,13,15,18-22,27-28H,6-9,11-12H2,1-5H3/b14-10+/t15-,18+,19+,20+,21+,22+/m1/s1. The summed E-state index contributed by atoms with van der Waals surface area (Å²) in [6, 6.07) is 0. The highest BCUT2D eigenvalue weighted by atomic mass is 32.1. The van der Waals surface area contributed by atoms with Crippen LogP contribution in [0.5, 0.6) is 0 Å². The molecule has 1 aromatic heterocycles. The van der Waals surface area contributed by atoms with Crippen molar-refractivity contribution in [3.05, 3.63) is 21.7 Å². The van der Waals surface area contributed by atoms with E-state index in [0.29, 0.717) is 12.8 Å². The van der Waals surface area contributed by atoms with Gasteiger partial charge in [-0.3, -0.25) is 9.59 Å². The van der Waals surface area contributed by atoms with Gasteiger partial charge in [0.15, 0.2) is 0 Å². The summed E-state index contributed by atoms with van der Waals surface area (Å²) in [4.78, 5) is 30.3. The first-order chi connectivity index (χ1) is 15.5. The van der Waals surface area contributed by atoms with Gasteiger partial charge in [-0.1, -0.05) is 33.6 Å². The number of esters is 1. The fourth-order valence-corrected chi connectivity index (χ4v) is 5.02. The average molecular weight is 480 g/mol. The average Bonchev–Trinajstić information content (AvgIpc) is 3.36. The van der Waals surface area contributed by atoms with Gasteiger partial charge >= 0.3 is 5.97 Å². The number of Topliss-reactive ketones (excluding diaryl/α,β-unsaturated/α-hetero) is 1. The van der Waals surface area contributed by atoms with E-state index < -0.39 is 35.6 Å². The van der Waals surface area contributed by atoms with Crippen molar-refractivity contribution in [3.63, 3.8) is 0 Å². The maximum Gasteiger partial charge on any atom is 0.309 e. The number of fused-ring (bicyclic) bond motifs is 1. The first-order valence-electron chi connectivity index (χ1n) is 11.8. The van der Waals surface area contributed by atoms with Crippen molar-refractivity contribution >= 4 is 29.2 Å². The van der Waals surface area contributed by atoms with Gasteiger partial charge in [-0.05, 0) is 38.3 Å². The Kier molecular flexibility index (Phi) is 8.48. The van der Waals surface area contributed by atoms with E-state index in [0.717, 1.165) is 35.5 Å². The fourth-order valence-electron chi connectivity index (χ4n) is 4.45. The molecule has 2 aliphatic rings. The van der Waals surface area contributed by atoms with Crippen LogP contribution >= 0.6 is 11.3 Å². The number of carbonyl (C=O) groups is 2. The maximum absolute atomic E-state index is 13.0. The monoisotopic (exact) mass is 479 g/mol. The van der Waals surface area contributed by atoms with Gasteiger partial charge in [-0.15, -0.1) is 11.3 Å². The number of ketones is 1. The number of ether oxygens (including phenoxy) is 2. The molecule has 6 atom stereocenters. The predicted molar refractivity (Wildman–Crippen MR) is 127 cm³/mol. The zero-order valence-corrected chi connectivity index (χ0v) is 21.1. The summed E-state index contributed by atoms with van der Waals surface area (Å²) in [5, 5.41) is 24.2. The van der Waals surface area contributed by atoms with E-state index in [-0.39, 0.29) is 24.4 Å². The van der Waals surface area contributed by atoms with Crippen LogP contribution in [0.25, 0.3) is 6.08 Å². The molecule has 3 rings (SSSR count). The molecular formula is C25H37NO6S. The number of nitrogens with zero attached hydrogens (tertiary/aromatic N) is 1. The number of aliphatic hydroxyl groups excluding tert-OH is 2. The van der Waals surface area contributed by atoms with Gasteiger partial charge in [-0.2, -0.15) is 0 Å². The molecule has 0 unspecified atom stereocenters. The molecule has 2 aliphatic heterocycles. The van der Waals surface area contributed by atoms with Gasteiger partial charge in [0.25, 0.3) is 0 Å². The minimum absolute atomic E-state index is 0.0167. The Morgan fingerprint density at radius 3 is 2.58 bits per heavy atom. The first-order valence-corrected chi connectivity index (χ1v) is 12.7. The molecule has 184 valence electrons. The van der Waals surface area contributed by atoms with Gasteiger partial charge in [0.2, 0.25) is 0 Å². The molecule has 0 amide bonds. The number of aliphatic hydroxyl groups is 2. The van der Waals surface area contributed by atoms with Gasteiger partial charge in [0, 0.05) is 17.7 Å². The van der Waals surface area contributed by atoms with E-state index in [1.54, 1.807) is 32.1 Å². The van der Waals surface area contributed by atoms with Crippen molar-refractivity contribution in [2.24, 2.45) is 11.3 Å². The lowest BCUT2D eigenvalue weighted by molar-refractivity contribution is -0.154. The SMILES string of the molecule is C/C(=C\c1csc(C)n1)[C@@H]1C[C@@H]2O[C@H]2CCCC[C@H](O)[C@@H](C)C(=O)C(C)(C)[C@@H](O)CC(=O)O1. The highest BCUT2D eigenvalue weighted by Gasteiger charge is 2.43.